The zero-order valence-corrected chi connectivity index (χ0v) is 14.4. The lowest BCUT2D eigenvalue weighted by atomic mass is 10.0. The van der Waals surface area contributed by atoms with Crippen molar-refractivity contribution in [3.8, 4) is 0 Å². The predicted molar refractivity (Wildman–Crippen MR) is 94.4 cm³/mol. The number of hydrogen-bond donors (Lipinski definition) is 1. The molecule has 0 spiro atoms. The quantitative estimate of drug-likeness (QED) is 0.931. The largest absolute Gasteiger partial charge is 0.338 e. The van der Waals surface area contributed by atoms with Gasteiger partial charge in [0, 0.05) is 18.3 Å². The Kier molecular flexibility index (Phi) is 4.46. The average molecular weight is 311 g/mol. The number of aryl methyl sites for hydroxylation is 3. The van der Waals surface area contributed by atoms with Gasteiger partial charge in [-0.15, -0.1) is 0 Å². The number of hydrogen-bond acceptors (Lipinski definition) is 5. The summed E-state index contributed by atoms with van der Waals surface area (Å²) >= 11 is 0. The molecule has 1 aromatic carbocycles. The van der Waals surface area contributed by atoms with Gasteiger partial charge in [0.1, 0.15) is 5.82 Å². The second-order valence-electron chi connectivity index (χ2n) is 6.49. The second kappa shape index (κ2) is 6.52. The third kappa shape index (κ3) is 3.60. The zero-order valence-electron chi connectivity index (χ0n) is 14.4. The minimum absolute atomic E-state index is 0.486. The van der Waals surface area contributed by atoms with Gasteiger partial charge in [-0.3, -0.25) is 0 Å². The van der Waals surface area contributed by atoms with Crippen LogP contribution in [0.4, 0.5) is 17.6 Å². The fraction of sp³-hybridized carbons (Fsp3) is 0.500. The maximum Gasteiger partial charge on any atom is 0.232 e. The van der Waals surface area contributed by atoms with Gasteiger partial charge in [-0.2, -0.15) is 15.0 Å². The molecule has 1 saturated heterocycles. The number of nitrogens with one attached hydrogen (secondary N) is 1. The minimum Gasteiger partial charge on any atom is -0.338 e. The van der Waals surface area contributed by atoms with Crippen LogP contribution in [0.15, 0.2) is 18.2 Å². The Balaban J connectivity index is 1.88. The molecule has 1 atom stereocenters. The fourth-order valence-corrected chi connectivity index (χ4v) is 3.12. The Hall–Kier alpha value is -2.17. The van der Waals surface area contributed by atoms with Crippen LogP contribution < -0.4 is 10.2 Å². The van der Waals surface area contributed by atoms with E-state index in [0.717, 1.165) is 24.0 Å². The molecular weight excluding hydrogens is 286 g/mol. The van der Waals surface area contributed by atoms with Crippen LogP contribution in [0, 0.1) is 20.8 Å². The van der Waals surface area contributed by atoms with Crippen LogP contribution in [0.3, 0.4) is 0 Å². The van der Waals surface area contributed by atoms with E-state index in [1.807, 2.05) is 6.92 Å². The number of benzene rings is 1. The number of anilines is 3. The van der Waals surface area contributed by atoms with Gasteiger partial charge in [-0.1, -0.05) is 17.7 Å². The third-order valence-electron chi connectivity index (χ3n) is 4.42. The Labute approximate surface area is 138 Å². The normalized spacial score (nSPS) is 18.1. The van der Waals surface area contributed by atoms with E-state index in [1.54, 1.807) is 0 Å². The van der Waals surface area contributed by atoms with Crippen molar-refractivity contribution in [2.45, 2.75) is 53.0 Å². The van der Waals surface area contributed by atoms with Crippen LogP contribution in [0.2, 0.25) is 0 Å². The average Bonchev–Trinajstić information content (AvgIpc) is 2.50. The molecule has 1 aliphatic heterocycles. The molecule has 1 aliphatic rings. The van der Waals surface area contributed by atoms with Gasteiger partial charge < -0.3 is 10.2 Å². The van der Waals surface area contributed by atoms with Crippen molar-refractivity contribution in [1.82, 2.24) is 15.0 Å². The van der Waals surface area contributed by atoms with Crippen molar-refractivity contribution in [3.05, 3.63) is 35.2 Å². The molecule has 122 valence electrons. The molecule has 0 radical (unpaired) electrons. The van der Waals surface area contributed by atoms with E-state index in [1.165, 1.54) is 30.4 Å². The van der Waals surface area contributed by atoms with Crippen LogP contribution >= 0.6 is 0 Å². The second-order valence-corrected chi connectivity index (χ2v) is 6.49. The summed E-state index contributed by atoms with van der Waals surface area (Å²) in [5.74, 6) is 2.16. The highest BCUT2D eigenvalue weighted by Crippen LogP contribution is 2.24. The maximum absolute atomic E-state index is 4.66. The topological polar surface area (TPSA) is 53.9 Å². The van der Waals surface area contributed by atoms with Crippen LogP contribution in [0.1, 0.15) is 43.1 Å². The molecule has 2 heterocycles. The third-order valence-corrected chi connectivity index (χ3v) is 4.42. The van der Waals surface area contributed by atoms with Crippen molar-refractivity contribution < 1.29 is 0 Å². The summed E-state index contributed by atoms with van der Waals surface area (Å²) in [6.45, 7) is 9.38. The molecule has 0 aliphatic carbocycles. The highest BCUT2D eigenvalue weighted by molar-refractivity contribution is 5.59. The van der Waals surface area contributed by atoms with E-state index >= 15 is 0 Å². The molecule has 0 amide bonds. The SMILES string of the molecule is Cc1ccc(Nc2nc(C)nc(N3CCCCC3C)n2)c(C)c1. The number of rotatable bonds is 3. The van der Waals surface area contributed by atoms with E-state index < -0.39 is 0 Å². The Morgan fingerprint density at radius 3 is 2.65 bits per heavy atom. The summed E-state index contributed by atoms with van der Waals surface area (Å²) in [6, 6.07) is 6.81. The molecule has 0 saturated carbocycles. The van der Waals surface area contributed by atoms with Gasteiger partial charge in [-0.25, -0.2) is 0 Å². The molecule has 1 fully saturated rings. The molecule has 5 nitrogen and oxygen atoms in total. The Bertz CT molecular complexity index is 698. The molecule has 5 heteroatoms. The van der Waals surface area contributed by atoms with Gasteiger partial charge in [-0.05, 0) is 58.6 Å². The summed E-state index contributed by atoms with van der Waals surface area (Å²) in [5.41, 5.74) is 3.48. The first kappa shape index (κ1) is 15.7. The fourth-order valence-electron chi connectivity index (χ4n) is 3.12. The molecule has 0 bridgehead atoms. The summed E-state index contributed by atoms with van der Waals surface area (Å²) in [6.07, 6.45) is 3.69. The number of nitrogens with zero attached hydrogens (tertiary/aromatic N) is 4. The van der Waals surface area contributed by atoms with Gasteiger partial charge in [0.05, 0.1) is 0 Å². The zero-order chi connectivity index (χ0) is 16.4. The van der Waals surface area contributed by atoms with Crippen molar-refractivity contribution in [2.75, 3.05) is 16.8 Å². The highest BCUT2D eigenvalue weighted by atomic mass is 15.3. The number of piperidine rings is 1. The van der Waals surface area contributed by atoms with E-state index in [0.29, 0.717) is 12.0 Å². The Morgan fingerprint density at radius 2 is 1.91 bits per heavy atom. The molecule has 3 rings (SSSR count). The van der Waals surface area contributed by atoms with Crippen LogP contribution in [0.5, 0.6) is 0 Å². The summed E-state index contributed by atoms with van der Waals surface area (Å²) in [5, 5.41) is 3.35. The maximum atomic E-state index is 4.66. The van der Waals surface area contributed by atoms with E-state index in [4.69, 9.17) is 0 Å². The highest BCUT2D eigenvalue weighted by Gasteiger charge is 2.21. The first-order chi connectivity index (χ1) is 11.0. The van der Waals surface area contributed by atoms with Gasteiger partial charge in [0.2, 0.25) is 11.9 Å². The van der Waals surface area contributed by atoms with Crippen molar-refractivity contribution in [3.63, 3.8) is 0 Å². The molecule has 23 heavy (non-hydrogen) atoms. The van der Waals surface area contributed by atoms with E-state index in [-0.39, 0.29) is 0 Å². The van der Waals surface area contributed by atoms with Gasteiger partial charge in [0.25, 0.3) is 0 Å². The van der Waals surface area contributed by atoms with E-state index in [9.17, 15) is 0 Å². The molecule has 1 aromatic heterocycles. The van der Waals surface area contributed by atoms with Crippen molar-refractivity contribution >= 4 is 17.6 Å². The monoisotopic (exact) mass is 311 g/mol. The first-order valence-corrected chi connectivity index (χ1v) is 8.36. The molecule has 2 aromatic rings. The summed E-state index contributed by atoms with van der Waals surface area (Å²) in [4.78, 5) is 16.0. The van der Waals surface area contributed by atoms with Crippen molar-refractivity contribution in [1.29, 1.82) is 0 Å². The smallest absolute Gasteiger partial charge is 0.232 e. The Morgan fingerprint density at radius 1 is 1.09 bits per heavy atom. The van der Waals surface area contributed by atoms with E-state index in [2.05, 4.69) is 64.1 Å². The first-order valence-electron chi connectivity index (χ1n) is 8.36. The predicted octanol–water partition coefficient (Wildman–Crippen LogP) is 3.92. The summed E-state index contributed by atoms with van der Waals surface area (Å²) in [7, 11) is 0. The van der Waals surface area contributed by atoms with Gasteiger partial charge in [0.15, 0.2) is 0 Å². The number of aromatic nitrogens is 3. The molecule has 1 N–H and O–H groups in total. The lowest BCUT2D eigenvalue weighted by Crippen LogP contribution is -2.38. The van der Waals surface area contributed by atoms with Crippen LogP contribution in [-0.2, 0) is 0 Å². The van der Waals surface area contributed by atoms with Crippen LogP contribution in [0.25, 0.3) is 0 Å². The lowest BCUT2D eigenvalue weighted by molar-refractivity contribution is 0.476. The van der Waals surface area contributed by atoms with Crippen molar-refractivity contribution in [2.24, 2.45) is 0 Å². The minimum atomic E-state index is 0.486. The van der Waals surface area contributed by atoms with Gasteiger partial charge >= 0.3 is 0 Å². The summed E-state index contributed by atoms with van der Waals surface area (Å²) < 4.78 is 0. The van der Waals surface area contributed by atoms with Crippen LogP contribution in [-0.4, -0.2) is 27.5 Å². The standard InChI is InChI=1S/C18H25N5/c1-12-8-9-16(13(2)11-12)21-17-19-15(4)20-18(22-17)23-10-6-5-7-14(23)3/h8-9,11,14H,5-7,10H2,1-4H3,(H,19,20,21,22). The molecular formula is C18H25N5. The lowest BCUT2D eigenvalue weighted by Gasteiger charge is -2.33. The molecule has 1 unspecified atom stereocenters.